The van der Waals surface area contributed by atoms with Crippen molar-refractivity contribution < 1.29 is 22.7 Å². The van der Waals surface area contributed by atoms with E-state index in [1.165, 1.54) is 18.2 Å². The van der Waals surface area contributed by atoms with Crippen molar-refractivity contribution in [3.05, 3.63) is 70.0 Å². The summed E-state index contributed by atoms with van der Waals surface area (Å²) < 4.78 is 41.4. The number of aliphatic carboxylic acids is 1. The smallest absolute Gasteiger partial charge is 0.328 e. The molecule has 0 unspecified atom stereocenters. The maximum atomic E-state index is 14.1. The molecule has 25 heavy (non-hydrogen) atoms. The molecule has 0 aliphatic carbocycles. The second kappa shape index (κ2) is 6.70. The summed E-state index contributed by atoms with van der Waals surface area (Å²) in [6, 6.07) is 10.6. The lowest BCUT2D eigenvalue weighted by Gasteiger charge is -2.30. The molecule has 0 amide bonds. The number of fused-ring (bicyclic) bond motifs is 1. The van der Waals surface area contributed by atoms with Crippen LogP contribution >= 0.6 is 15.9 Å². The van der Waals surface area contributed by atoms with E-state index in [9.17, 15) is 17.6 Å². The highest BCUT2D eigenvalue weighted by atomic mass is 79.9. The molecule has 1 N–H and O–H groups in total. The van der Waals surface area contributed by atoms with Crippen LogP contribution in [0, 0.1) is 5.82 Å². The molecule has 0 atom stereocenters. The molecule has 1 aliphatic heterocycles. The predicted octanol–water partition coefficient (Wildman–Crippen LogP) is 3.26. The Labute approximate surface area is 152 Å². The van der Waals surface area contributed by atoms with Gasteiger partial charge in [-0.05, 0) is 29.3 Å². The van der Waals surface area contributed by atoms with Gasteiger partial charge in [0.05, 0.1) is 4.90 Å². The van der Waals surface area contributed by atoms with Crippen molar-refractivity contribution in [2.45, 2.75) is 11.4 Å². The van der Waals surface area contributed by atoms with Crippen LogP contribution in [0.25, 0.3) is 5.57 Å². The number of hydrogen-bond donors (Lipinski definition) is 1. The summed E-state index contributed by atoms with van der Waals surface area (Å²) in [6.45, 7) is -0.326. The van der Waals surface area contributed by atoms with Crippen LogP contribution in [0.2, 0.25) is 0 Å². The van der Waals surface area contributed by atoms with Gasteiger partial charge in [-0.15, -0.1) is 0 Å². The molecule has 0 bridgehead atoms. The van der Waals surface area contributed by atoms with Gasteiger partial charge in [-0.3, -0.25) is 0 Å². The lowest BCUT2D eigenvalue weighted by atomic mass is 10.0. The minimum atomic E-state index is -3.86. The Balaban J connectivity index is 2.08. The quantitative estimate of drug-likeness (QED) is 0.765. The van der Waals surface area contributed by atoms with E-state index >= 15 is 0 Å². The van der Waals surface area contributed by atoms with E-state index in [4.69, 9.17) is 5.11 Å². The van der Waals surface area contributed by atoms with Crippen LogP contribution in [0.5, 0.6) is 0 Å². The minimum absolute atomic E-state index is 0.0197. The number of carbonyl (C=O) groups is 1. The second-order valence-corrected chi connectivity index (χ2v) is 8.33. The van der Waals surface area contributed by atoms with E-state index in [1.807, 2.05) is 0 Å². The molecule has 2 aromatic carbocycles. The predicted molar refractivity (Wildman–Crippen MR) is 93.8 cm³/mol. The second-order valence-electron chi connectivity index (χ2n) is 5.51. The van der Waals surface area contributed by atoms with E-state index in [2.05, 4.69) is 15.9 Å². The van der Waals surface area contributed by atoms with Crippen molar-refractivity contribution in [3.8, 4) is 0 Å². The largest absolute Gasteiger partial charge is 0.478 e. The van der Waals surface area contributed by atoms with Crippen molar-refractivity contribution in [1.29, 1.82) is 0 Å². The summed E-state index contributed by atoms with van der Waals surface area (Å²) in [7, 11) is -3.86. The van der Waals surface area contributed by atoms with Gasteiger partial charge in [0.1, 0.15) is 5.82 Å². The topological polar surface area (TPSA) is 74.7 Å². The first-order valence-corrected chi connectivity index (χ1v) is 9.49. The number of rotatable bonds is 3. The molecular weight excluding hydrogens is 413 g/mol. The van der Waals surface area contributed by atoms with E-state index < -0.39 is 21.8 Å². The molecule has 2 aromatic rings. The summed E-state index contributed by atoms with van der Waals surface area (Å²) in [5, 5.41) is 9.06. The molecule has 1 heterocycles. The first kappa shape index (κ1) is 17.8. The molecule has 1 aliphatic rings. The molecule has 5 nitrogen and oxygen atoms in total. The van der Waals surface area contributed by atoms with E-state index in [0.717, 1.165) is 10.4 Å². The van der Waals surface area contributed by atoms with Crippen LogP contribution in [0.1, 0.15) is 11.1 Å². The van der Waals surface area contributed by atoms with Crippen molar-refractivity contribution in [3.63, 3.8) is 0 Å². The molecule has 0 radical (unpaired) electrons. The normalized spacial score (nSPS) is 18.1. The fourth-order valence-corrected chi connectivity index (χ4v) is 4.67. The van der Waals surface area contributed by atoms with Gasteiger partial charge in [0.15, 0.2) is 0 Å². The monoisotopic (exact) mass is 425 g/mol. The summed E-state index contributed by atoms with van der Waals surface area (Å²) in [4.78, 5) is 11.1. The lowest BCUT2D eigenvalue weighted by molar-refractivity contribution is -0.131. The SMILES string of the molecule is O=C(O)/C=C1/CN(Cc2ccc(Br)cc2F)S(=O)(=O)c2ccccc21. The van der Waals surface area contributed by atoms with Crippen LogP contribution in [-0.2, 0) is 21.4 Å². The van der Waals surface area contributed by atoms with Gasteiger partial charge < -0.3 is 5.11 Å². The lowest BCUT2D eigenvalue weighted by Crippen LogP contribution is -2.36. The Bertz CT molecular complexity index is 988. The van der Waals surface area contributed by atoms with Gasteiger partial charge in [0.25, 0.3) is 0 Å². The fourth-order valence-electron chi connectivity index (χ4n) is 2.71. The fraction of sp³-hybridized carbons (Fsp3) is 0.118. The highest BCUT2D eigenvalue weighted by molar-refractivity contribution is 9.10. The number of carboxylic acids is 1. The molecule has 0 saturated carbocycles. The maximum absolute atomic E-state index is 14.1. The average Bonchev–Trinajstić information content (AvgIpc) is 2.54. The minimum Gasteiger partial charge on any atom is -0.478 e. The van der Waals surface area contributed by atoms with Crippen molar-refractivity contribution >= 4 is 37.5 Å². The van der Waals surface area contributed by atoms with E-state index in [1.54, 1.807) is 24.3 Å². The summed E-state index contributed by atoms with van der Waals surface area (Å²) in [5.74, 6) is -1.70. The standard InChI is InChI=1S/C17H13BrFNO4S/c18-13-6-5-11(15(19)8-13)9-20-10-12(7-17(21)22)14-3-1-2-4-16(14)25(20,23)24/h1-8H,9-10H2,(H,21,22)/b12-7-. The van der Waals surface area contributed by atoms with Crippen LogP contribution < -0.4 is 0 Å². The molecule has 0 spiro atoms. The van der Waals surface area contributed by atoms with Crippen molar-refractivity contribution in [2.75, 3.05) is 6.54 Å². The highest BCUT2D eigenvalue weighted by Gasteiger charge is 2.34. The molecular formula is C17H13BrFNO4S. The van der Waals surface area contributed by atoms with Crippen molar-refractivity contribution in [1.82, 2.24) is 4.31 Å². The zero-order valence-corrected chi connectivity index (χ0v) is 15.2. The average molecular weight is 426 g/mol. The first-order valence-electron chi connectivity index (χ1n) is 7.26. The maximum Gasteiger partial charge on any atom is 0.328 e. The zero-order valence-electron chi connectivity index (χ0n) is 12.8. The van der Waals surface area contributed by atoms with Crippen LogP contribution in [0.3, 0.4) is 0 Å². The molecule has 130 valence electrons. The molecule has 8 heteroatoms. The first-order chi connectivity index (χ1) is 11.8. The van der Waals surface area contributed by atoms with Crippen molar-refractivity contribution in [2.24, 2.45) is 0 Å². The molecule has 0 aromatic heterocycles. The highest BCUT2D eigenvalue weighted by Crippen LogP contribution is 2.34. The number of benzene rings is 2. The number of sulfonamides is 1. The van der Waals surface area contributed by atoms with Crippen LogP contribution in [-0.4, -0.2) is 30.3 Å². The van der Waals surface area contributed by atoms with Gasteiger partial charge in [0, 0.05) is 29.2 Å². The van der Waals surface area contributed by atoms with Gasteiger partial charge in [-0.25, -0.2) is 17.6 Å². The summed E-state index contributed by atoms with van der Waals surface area (Å²) in [6.07, 6.45) is 0.985. The Kier molecular flexibility index (Phi) is 4.77. The Hall–Kier alpha value is -2.03. The van der Waals surface area contributed by atoms with Gasteiger partial charge in [-0.2, -0.15) is 4.31 Å². The molecule has 3 rings (SSSR count). The Morgan fingerprint density at radius 2 is 2.00 bits per heavy atom. The number of nitrogens with zero attached hydrogens (tertiary/aromatic N) is 1. The molecule has 0 fully saturated rings. The van der Waals surface area contributed by atoms with Gasteiger partial charge in [0.2, 0.25) is 10.0 Å². The Morgan fingerprint density at radius 1 is 1.28 bits per heavy atom. The third-order valence-corrected chi connectivity index (χ3v) is 6.20. The van der Waals surface area contributed by atoms with Gasteiger partial charge >= 0.3 is 5.97 Å². The third-order valence-electron chi connectivity index (χ3n) is 3.86. The zero-order chi connectivity index (χ0) is 18.2. The summed E-state index contributed by atoms with van der Waals surface area (Å²) >= 11 is 3.16. The third kappa shape index (κ3) is 3.51. The number of carboxylic acid groups (broad SMARTS) is 1. The van der Waals surface area contributed by atoms with Gasteiger partial charge in [-0.1, -0.05) is 40.2 Å². The Morgan fingerprint density at radius 3 is 2.68 bits per heavy atom. The van der Waals surface area contributed by atoms with Crippen LogP contribution in [0.4, 0.5) is 4.39 Å². The van der Waals surface area contributed by atoms with Crippen LogP contribution in [0.15, 0.2) is 57.9 Å². The number of hydrogen-bond acceptors (Lipinski definition) is 3. The number of halogens is 2. The molecule has 0 saturated heterocycles. The van der Waals surface area contributed by atoms with E-state index in [-0.39, 0.29) is 23.5 Å². The van der Waals surface area contributed by atoms with E-state index in [0.29, 0.717) is 15.6 Å². The summed E-state index contributed by atoms with van der Waals surface area (Å²) in [5.41, 5.74) is 0.925.